The third-order valence-corrected chi connectivity index (χ3v) is 5.67. The lowest BCUT2D eigenvalue weighted by atomic mass is 9.76. The maximum atomic E-state index is 14.7. The highest BCUT2D eigenvalue weighted by atomic mass is 35.5. The largest absolute Gasteiger partial charge is 0.375 e. The minimum absolute atomic E-state index is 0.0319. The van der Waals surface area contributed by atoms with E-state index in [1.165, 1.54) is 6.07 Å². The predicted octanol–water partition coefficient (Wildman–Crippen LogP) is 5.09. The molecule has 138 valence electrons. The van der Waals surface area contributed by atoms with E-state index in [0.717, 1.165) is 37.1 Å². The molecule has 2 aliphatic rings. The Morgan fingerprint density at radius 1 is 1.23 bits per heavy atom. The van der Waals surface area contributed by atoms with Crippen molar-refractivity contribution in [1.29, 1.82) is 0 Å². The molecule has 0 bridgehead atoms. The summed E-state index contributed by atoms with van der Waals surface area (Å²) in [6.45, 7) is 3.83. The number of hydrogen-bond acceptors (Lipinski definition) is 3. The van der Waals surface area contributed by atoms with Gasteiger partial charge in [0.05, 0.1) is 23.9 Å². The maximum absolute atomic E-state index is 14.7. The molecular weight excluding hydrogens is 351 g/mol. The lowest BCUT2D eigenvalue weighted by Crippen LogP contribution is -2.42. The molecule has 2 aromatic rings. The summed E-state index contributed by atoms with van der Waals surface area (Å²) in [5.41, 5.74) is 2.53. The van der Waals surface area contributed by atoms with Gasteiger partial charge < -0.3 is 15.4 Å². The summed E-state index contributed by atoms with van der Waals surface area (Å²) in [5, 5.41) is 7.21. The average molecular weight is 375 g/mol. The van der Waals surface area contributed by atoms with Gasteiger partial charge in [-0.25, -0.2) is 4.39 Å². The SMILES string of the molecule is CCNC[C@H]1CC[C@@H]2[C@H](O1)c1cc(Cl)cc(F)c1N[C@H]2c1ccccc1. The number of rotatable bonds is 4. The zero-order chi connectivity index (χ0) is 18.1. The zero-order valence-corrected chi connectivity index (χ0v) is 15.6. The third kappa shape index (κ3) is 3.34. The normalized spacial score (nSPS) is 27.3. The van der Waals surface area contributed by atoms with E-state index < -0.39 is 0 Å². The van der Waals surface area contributed by atoms with Crippen molar-refractivity contribution in [3.05, 3.63) is 64.4 Å². The fraction of sp³-hybridized carbons (Fsp3) is 0.429. The van der Waals surface area contributed by atoms with Crippen LogP contribution in [0.4, 0.5) is 10.1 Å². The van der Waals surface area contributed by atoms with Crippen molar-refractivity contribution in [2.75, 3.05) is 18.4 Å². The number of nitrogens with one attached hydrogen (secondary N) is 2. The highest BCUT2D eigenvalue weighted by molar-refractivity contribution is 6.30. The summed E-state index contributed by atoms with van der Waals surface area (Å²) in [7, 11) is 0. The molecule has 0 saturated carbocycles. The zero-order valence-electron chi connectivity index (χ0n) is 14.8. The molecule has 5 heteroatoms. The van der Waals surface area contributed by atoms with Gasteiger partial charge in [0.1, 0.15) is 5.82 Å². The third-order valence-electron chi connectivity index (χ3n) is 5.45. The van der Waals surface area contributed by atoms with Crippen molar-refractivity contribution < 1.29 is 9.13 Å². The first kappa shape index (κ1) is 17.8. The fourth-order valence-electron chi connectivity index (χ4n) is 4.23. The van der Waals surface area contributed by atoms with Gasteiger partial charge in [0.15, 0.2) is 0 Å². The van der Waals surface area contributed by atoms with Gasteiger partial charge in [-0.1, -0.05) is 48.9 Å². The standard InChI is InChI=1S/C21H24ClFN2O/c1-2-24-12-15-8-9-16-19(13-6-4-3-5-7-13)25-20-17(21(16)26-15)10-14(22)11-18(20)23/h3-7,10-11,15-16,19,21,24-25H,2,8-9,12H2,1H3/t15-,16+,19+,21+/m1/s1. The van der Waals surface area contributed by atoms with Crippen LogP contribution in [0.15, 0.2) is 42.5 Å². The number of fused-ring (bicyclic) bond motifs is 3. The molecule has 0 spiro atoms. The van der Waals surface area contributed by atoms with Crippen molar-refractivity contribution in [3.63, 3.8) is 0 Å². The second-order valence-electron chi connectivity index (χ2n) is 7.11. The van der Waals surface area contributed by atoms with Gasteiger partial charge in [0, 0.05) is 23.0 Å². The molecule has 1 saturated heterocycles. The molecule has 4 rings (SSSR count). The van der Waals surface area contributed by atoms with E-state index in [4.69, 9.17) is 16.3 Å². The molecule has 0 aliphatic carbocycles. The minimum atomic E-state index is -0.315. The van der Waals surface area contributed by atoms with Crippen LogP contribution in [0.1, 0.15) is 43.0 Å². The van der Waals surface area contributed by atoms with Crippen molar-refractivity contribution in [2.45, 2.75) is 38.0 Å². The van der Waals surface area contributed by atoms with E-state index in [1.54, 1.807) is 0 Å². The van der Waals surface area contributed by atoms with Gasteiger partial charge in [-0.3, -0.25) is 0 Å². The van der Waals surface area contributed by atoms with Gasteiger partial charge in [0.2, 0.25) is 0 Å². The Morgan fingerprint density at radius 3 is 2.81 bits per heavy atom. The van der Waals surface area contributed by atoms with Crippen molar-refractivity contribution >= 4 is 17.3 Å². The summed E-state index contributed by atoms with van der Waals surface area (Å²) in [6, 6.07) is 13.5. The van der Waals surface area contributed by atoms with Gasteiger partial charge in [-0.2, -0.15) is 0 Å². The summed E-state index contributed by atoms with van der Waals surface area (Å²) >= 11 is 6.15. The summed E-state index contributed by atoms with van der Waals surface area (Å²) < 4.78 is 21.1. The van der Waals surface area contributed by atoms with Gasteiger partial charge >= 0.3 is 0 Å². The van der Waals surface area contributed by atoms with Gasteiger partial charge in [-0.15, -0.1) is 0 Å². The number of halogens is 2. The second-order valence-corrected chi connectivity index (χ2v) is 7.55. The molecule has 2 aliphatic heterocycles. The molecule has 1 fully saturated rings. The minimum Gasteiger partial charge on any atom is -0.375 e. The van der Waals surface area contributed by atoms with E-state index in [2.05, 4.69) is 29.7 Å². The molecule has 2 aromatic carbocycles. The van der Waals surface area contributed by atoms with Crippen LogP contribution in [0.25, 0.3) is 0 Å². The summed E-state index contributed by atoms with van der Waals surface area (Å²) in [6.07, 6.45) is 2.01. The molecule has 26 heavy (non-hydrogen) atoms. The average Bonchev–Trinajstić information content (AvgIpc) is 2.66. The number of anilines is 1. The number of benzene rings is 2. The van der Waals surface area contributed by atoms with Gasteiger partial charge in [0.25, 0.3) is 0 Å². The van der Waals surface area contributed by atoms with Crippen LogP contribution >= 0.6 is 11.6 Å². The molecule has 3 nitrogen and oxygen atoms in total. The smallest absolute Gasteiger partial charge is 0.148 e. The van der Waals surface area contributed by atoms with Crippen LogP contribution < -0.4 is 10.6 Å². The monoisotopic (exact) mass is 374 g/mol. The number of hydrogen-bond donors (Lipinski definition) is 2. The molecular formula is C21H24ClFN2O. The van der Waals surface area contributed by atoms with Crippen LogP contribution in [-0.2, 0) is 4.74 Å². The summed E-state index contributed by atoms with van der Waals surface area (Å²) in [5.74, 6) is -0.0649. The van der Waals surface area contributed by atoms with Crippen LogP contribution in [0.2, 0.25) is 5.02 Å². The Hall–Kier alpha value is -1.62. The molecule has 0 unspecified atom stereocenters. The molecule has 2 N–H and O–H groups in total. The maximum Gasteiger partial charge on any atom is 0.148 e. The van der Waals surface area contributed by atoms with Crippen LogP contribution in [0, 0.1) is 11.7 Å². The van der Waals surface area contributed by atoms with Crippen LogP contribution in [-0.4, -0.2) is 19.2 Å². The number of likely N-dealkylation sites (N-methyl/N-ethyl adjacent to an activating group) is 1. The Morgan fingerprint density at radius 2 is 2.04 bits per heavy atom. The van der Waals surface area contributed by atoms with E-state index in [-0.39, 0.29) is 30.0 Å². The quantitative estimate of drug-likeness (QED) is 0.781. The molecule has 0 aromatic heterocycles. The number of ether oxygens (including phenoxy) is 1. The van der Waals surface area contributed by atoms with Crippen molar-refractivity contribution in [3.8, 4) is 0 Å². The Balaban J connectivity index is 1.72. The fourth-order valence-corrected chi connectivity index (χ4v) is 4.44. The van der Waals surface area contributed by atoms with E-state index in [9.17, 15) is 4.39 Å². The van der Waals surface area contributed by atoms with E-state index in [0.29, 0.717) is 10.7 Å². The van der Waals surface area contributed by atoms with Gasteiger partial charge in [-0.05, 0) is 37.1 Å². The highest BCUT2D eigenvalue weighted by Crippen LogP contribution is 2.51. The van der Waals surface area contributed by atoms with E-state index >= 15 is 0 Å². The van der Waals surface area contributed by atoms with Crippen molar-refractivity contribution in [1.82, 2.24) is 5.32 Å². The molecule has 2 heterocycles. The van der Waals surface area contributed by atoms with E-state index in [1.807, 2.05) is 24.3 Å². The van der Waals surface area contributed by atoms with Crippen molar-refractivity contribution in [2.24, 2.45) is 5.92 Å². The first-order valence-corrected chi connectivity index (χ1v) is 9.71. The van der Waals surface area contributed by atoms with Crippen LogP contribution in [0.5, 0.6) is 0 Å². The predicted molar refractivity (Wildman–Crippen MR) is 103 cm³/mol. The first-order chi connectivity index (χ1) is 12.7. The molecule has 0 radical (unpaired) electrons. The topological polar surface area (TPSA) is 33.3 Å². The lowest BCUT2D eigenvalue weighted by Gasteiger charge is -2.45. The Kier molecular flexibility index (Phi) is 5.16. The first-order valence-electron chi connectivity index (χ1n) is 9.34. The highest BCUT2D eigenvalue weighted by Gasteiger charge is 2.43. The Labute approximate surface area is 158 Å². The summed E-state index contributed by atoms with van der Waals surface area (Å²) in [4.78, 5) is 0. The van der Waals surface area contributed by atoms with Crippen LogP contribution in [0.3, 0.4) is 0 Å². The second kappa shape index (κ2) is 7.55. The molecule has 4 atom stereocenters. The Bertz CT molecular complexity index is 770. The molecule has 0 amide bonds. The lowest BCUT2D eigenvalue weighted by molar-refractivity contribution is -0.0915.